The van der Waals surface area contributed by atoms with Crippen LogP contribution in [0.15, 0.2) is 18.2 Å². The van der Waals surface area contributed by atoms with Crippen molar-refractivity contribution in [1.82, 2.24) is 0 Å². The monoisotopic (exact) mass is 302 g/mol. The number of nitrogens with zero attached hydrogens (tertiary/aromatic N) is 1. The van der Waals surface area contributed by atoms with Crippen molar-refractivity contribution in [3.8, 4) is 0 Å². The van der Waals surface area contributed by atoms with E-state index in [0.29, 0.717) is 5.69 Å². The number of carbonyl (C=O) groups is 1. The Bertz CT molecular complexity index is 480. The Kier molecular flexibility index (Phi) is 6.05. The van der Waals surface area contributed by atoms with E-state index in [0.717, 1.165) is 38.1 Å². The van der Waals surface area contributed by atoms with E-state index in [1.165, 1.54) is 13.0 Å². The Morgan fingerprint density at radius 1 is 1.19 bits per heavy atom. The van der Waals surface area contributed by atoms with Gasteiger partial charge in [-0.05, 0) is 31.0 Å². The average molecular weight is 302 g/mol. The maximum atomic E-state index is 12.8. The molecule has 3 nitrogen and oxygen atoms in total. The Balaban J connectivity index is 3.25. The van der Waals surface area contributed by atoms with Gasteiger partial charge in [-0.1, -0.05) is 13.8 Å². The molecule has 1 amide bonds. The molecule has 0 unspecified atom stereocenters. The van der Waals surface area contributed by atoms with Gasteiger partial charge in [0.2, 0.25) is 5.91 Å². The minimum atomic E-state index is -4.42. The normalized spacial score (nSPS) is 11.3. The van der Waals surface area contributed by atoms with E-state index in [9.17, 15) is 18.0 Å². The molecule has 0 aliphatic rings. The average Bonchev–Trinajstić information content (AvgIpc) is 2.36. The largest absolute Gasteiger partial charge is 0.416 e. The van der Waals surface area contributed by atoms with Crippen LogP contribution < -0.4 is 10.2 Å². The van der Waals surface area contributed by atoms with E-state index in [1.54, 1.807) is 0 Å². The van der Waals surface area contributed by atoms with Gasteiger partial charge in [0, 0.05) is 20.0 Å². The summed E-state index contributed by atoms with van der Waals surface area (Å²) in [5.74, 6) is -0.386. The Labute approximate surface area is 123 Å². The van der Waals surface area contributed by atoms with Crippen LogP contribution in [0.4, 0.5) is 24.5 Å². The maximum absolute atomic E-state index is 12.8. The summed E-state index contributed by atoms with van der Waals surface area (Å²) in [7, 11) is 0. The fourth-order valence-electron chi connectivity index (χ4n) is 2.17. The zero-order valence-corrected chi connectivity index (χ0v) is 12.5. The van der Waals surface area contributed by atoms with Crippen molar-refractivity contribution in [3.05, 3.63) is 23.8 Å². The summed E-state index contributed by atoms with van der Waals surface area (Å²) in [6.45, 7) is 6.75. The SMILES string of the molecule is CCCN(CCC)c1ccc(C(F)(F)F)cc1NC(C)=O. The molecule has 21 heavy (non-hydrogen) atoms. The minimum absolute atomic E-state index is 0.208. The first kappa shape index (κ1) is 17.3. The van der Waals surface area contributed by atoms with E-state index >= 15 is 0 Å². The summed E-state index contributed by atoms with van der Waals surface area (Å²) in [5, 5.41) is 2.50. The number of alkyl halides is 3. The minimum Gasteiger partial charge on any atom is -0.370 e. The van der Waals surface area contributed by atoms with Crippen molar-refractivity contribution in [3.63, 3.8) is 0 Å². The van der Waals surface area contributed by atoms with Crippen LogP contribution in [0.1, 0.15) is 39.2 Å². The van der Waals surface area contributed by atoms with Crippen molar-refractivity contribution in [2.75, 3.05) is 23.3 Å². The van der Waals surface area contributed by atoms with Crippen LogP contribution in [0.3, 0.4) is 0 Å². The van der Waals surface area contributed by atoms with Gasteiger partial charge in [0.25, 0.3) is 0 Å². The number of rotatable bonds is 6. The molecule has 118 valence electrons. The molecule has 0 aromatic heterocycles. The van der Waals surface area contributed by atoms with Gasteiger partial charge in [0.05, 0.1) is 16.9 Å². The van der Waals surface area contributed by atoms with Crippen LogP contribution >= 0.6 is 0 Å². The highest BCUT2D eigenvalue weighted by atomic mass is 19.4. The molecule has 1 aromatic rings. The lowest BCUT2D eigenvalue weighted by molar-refractivity contribution is -0.137. The highest BCUT2D eigenvalue weighted by Crippen LogP contribution is 2.35. The molecule has 0 aliphatic heterocycles. The third-order valence-corrected chi connectivity index (χ3v) is 2.96. The summed E-state index contributed by atoms with van der Waals surface area (Å²) in [6.07, 6.45) is -2.67. The summed E-state index contributed by atoms with van der Waals surface area (Å²) in [5.41, 5.74) is 0.0732. The van der Waals surface area contributed by atoms with Crippen molar-refractivity contribution >= 4 is 17.3 Å². The van der Waals surface area contributed by atoms with Gasteiger partial charge in [0.1, 0.15) is 0 Å². The van der Waals surface area contributed by atoms with Gasteiger partial charge in [-0.3, -0.25) is 4.79 Å². The van der Waals surface area contributed by atoms with Crippen LogP contribution in [0.25, 0.3) is 0 Å². The second-order valence-electron chi connectivity index (χ2n) is 4.90. The molecule has 0 heterocycles. The van der Waals surface area contributed by atoms with Gasteiger partial charge in [-0.2, -0.15) is 13.2 Å². The van der Waals surface area contributed by atoms with E-state index in [2.05, 4.69) is 5.32 Å². The number of benzene rings is 1. The lowest BCUT2D eigenvalue weighted by atomic mass is 10.1. The van der Waals surface area contributed by atoms with Gasteiger partial charge < -0.3 is 10.2 Å². The zero-order chi connectivity index (χ0) is 16.0. The van der Waals surface area contributed by atoms with Crippen LogP contribution in [0.2, 0.25) is 0 Å². The first-order valence-electron chi connectivity index (χ1n) is 7.03. The molecule has 0 aliphatic carbocycles. The molecule has 0 saturated carbocycles. The molecule has 0 spiro atoms. The van der Waals surface area contributed by atoms with Gasteiger partial charge in [0.15, 0.2) is 0 Å². The number of nitrogens with one attached hydrogen (secondary N) is 1. The Morgan fingerprint density at radius 2 is 1.76 bits per heavy atom. The van der Waals surface area contributed by atoms with Gasteiger partial charge >= 0.3 is 6.18 Å². The summed E-state index contributed by atoms with van der Waals surface area (Å²) >= 11 is 0. The number of amides is 1. The third kappa shape index (κ3) is 4.95. The molecule has 1 N–H and O–H groups in total. The fourth-order valence-corrected chi connectivity index (χ4v) is 2.17. The third-order valence-electron chi connectivity index (χ3n) is 2.96. The molecule has 1 aromatic carbocycles. The topological polar surface area (TPSA) is 32.3 Å². The molecule has 0 atom stereocenters. The molecule has 1 rings (SSSR count). The lowest BCUT2D eigenvalue weighted by Crippen LogP contribution is -2.26. The number of halogens is 3. The molecule has 0 bridgehead atoms. The second-order valence-corrected chi connectivity index (χ2v) is 4.90. The molecule has 0 saturated heterocycles. The maximum Gasteiger partial charge on any atom is 0.416 e. The van der Waals surface area contributed by atoms with E-state index in [-0.39, 0.29) is 11.6 Å². The summed E-state index contributed by atoms with van der Waals surface area (Å²) < 4.78 is 38.4. The predicted octanol–water partition coefficient (Wildman–Crippen LogP) is 4.29. The smallest absolute Gasteiger partial charge is 0.370 e. The first-order valence-corrected chi connectivity index (χ1v) is 7.03. The summed E-state index contributed by atoms with van der Waals surface area (Å²) in [4.78, 5) is 13.2. The standard InChI is InChI=1S/C15H21F3N2O/c1-4-8-20(9-5-2)14-7-6-12(15(16,17)18)10-13(14)19-11(3)21/h6-7,10H,4-5,8-9H2,1-3H3,(H,19,21). The fraction of sp³-hybridized carbons (Fsp3) is 0.533. The van der Waals surface area contributed by atoms with Crippen molar-refractivity contribution in [1.29, 1.82) is 0 Å². The van der Waals surface area contributed by atoms with Crippen LogP contribution in [-0.4, -0.2) is 19.0 Å². The number of carbonyl (C=O) groups excluding carboxylic acids is 1. The lowest BCUT2D eigenvalue weighted by Gasteiger charge is -2.27. The van der Waals surface area contributed by atoms with Crippen LogP contribution in [0, 0.1) is 0 Å². The van der Waals surface area contributed by atoms with Crippen molar-refractivity contribution < 1.29 is 18.0 Å². The van der Waals surface area contributed by atoms with Crippen LogP contribution in [0.5, 0.6) is 0 Å². The Morgan fingerprint density at radius 3 is 2.19 bits per heavy atom. The molecule has 0 radical (unpaired) electrons. The van der Waals surface area contributed by atoms with Crippen molar-refractivity contribution in [2.45, 2.75) is 39.8 Å². The molecule has 0 fully saturated rings. The molecular weight excluding hydrogens is 281 g/mol. The highest BCUT2D eigenvalue weighted by Gasteiger charge is 2.31. The van der Waals surface area contributed by atoms with E-state index in [1.807, 2.05) is 18.7 Å². The van der Waals surface area contributed by atoms with Crippen molar-refractivity contribution in [2.24, 2.45) is 0 Å². The Hall–Kier alpha value is -1.72. The molecule has 6 heteroatoms. The first-order chi connectivity index (χ1) is 9.79. The number of anilines is 2. The quantitative estimate of drug-likeness (QED) is 0.850. The zero-order valence-electron chi connectivity index (χ0n) is 12.5. The second kappa shape index (κ2) is 7.33. The summed E-state index contributed by atoms with van der Waals surface area (Å²) in [6, 6.07) is 3.48. The van der Waals surface area contributed by atoms with Gasteiger partial charge in [-0.15, -0.1) is 0 Å². The van der Waals surface area contributed by atoms with Gasteiger partial charge in [-0.25, -0.2) is 0 Å². The number of hydrogen-bond donors (Lipinski definition) is 1. The van der Waals surface area contributed by atoms with E-state index in [4.69, 9.17) is 0 Å². The van der Waals surface area contributed by atoms with Crippen LogP contribution in [-0.2, 0) is 11.0 Å². The van der Waals surface area contributed by atoms with E-state index < -0.39 is 11.7 Å². The number of hydrogen-bond acceptors (Lipinski definition) is 2. The highest BCUT2D eigenvalue weighted by molar-refractivity contribution is 5.93. The molecular formula is C15H21F3N2O. The predicted molar refractivity (Wildman–Crippen MR) is 78.5 cm³/mol.